The Hall–Kier alpha value is -3.97. The summed E-state index contributed by atoms with van der Waals surface area (Å²) in [7, 11) is 3.22. The van der Waals surface area contributed by atoms with E-state index in [9.17, 15) is 4.79 Å². The first kappa shape index (κ1) is 27.1. The first-order valence-corrected chi connectivity index (χ1v) is 13.5. The lowest BCUT2D eigenvalue weighted by atomic mass is 9.97. The molecular weight excluding hydrogens is 500 g/mol. The Morgan fingerprint density at radius 3 is 2.42 bits per heavy atom. The number of aromatic nitrogens is 2. The third-order valence-corrected chi connectivity index (χ3v) is 7.20. The van der Waals surface area contributed by atoms with Crippen LogP contribution in [0.3, 0.4) is 0 Å². The summed E-state index contributed by atoms with van der Waals surface area (Å²) in [5.41, 5.74) is 7.28. The van der Waals surface area contributed by atoms with Crippen molar-refractivity contribution < 1.29 is 9.47 Å². The number of hydrogen-bond acceptors (Lipinski definition) is 7. The number of fused-ring (bicyclic) bond motifs is 3. The van der Waals surface area contributed by atoms with Gasteiger partial charge in [-0.25, -0.2) is 9.79 Å². The number of rotatable bonds is 6. The summed E-state index contributed by atoms with van der Waals surface area (Å²) >= 11 is 1.35. The number of ether oxygens (including phenoxy) is 2. The van der Waals surface area contributed by atoms with Gasteiger partial charge in [-0.05, 0) is 62.3 Å². The molecule has 198 valence electrons. The lowest BCUT2D eigenvalue weighted by Gasteiger charge is -2.24. The molecule has 4 rings (SSSR count). The molecule has 0 aliphatic carbocycles. The summed E-state index contributed by atoms with van der Waals surface area (Å²) < 4.78 is 14.5. The monoisotopic (exact) mass is 532 g/mol. The average Bonchev–Trinajstić information content (AvgIpc) is 2.90. The number of nitrogens with one attached hydrogen (secondary N) is 1. The summed E-state index contributed by atoms with van der Waals surface area (Å²) in [6, 6.07) is 10.1. The molecule has 0 saturated carbocycles. The SMILES string of the molecule is COc1cc2c(cc1OC)-c1cc(=Nc3c(C)cc(C)cc3C)n(CCN=C(NC#N)SC)c(=O)n1CC2. The number of benzene rings is 2. The van der Waals surface area contributed by atoms with Crippen molar-refractivity contribution in [3.63, 3.8) is 0 Å². The molecule has 9 nitrogen and oxygen atoms in total. The maximum atomic E-state index is 13.9. The zero-order valence-electron chi connectivity index (χ0n) is 22.6. The van der Waals surface area contributed by atoms with Gasteiger partial charge < -0.3 is 9.47 Å². The average molecular weight is 533 g/mol. The van der Waals surface area contributed by atoms with Gasteiger partial charge in [-0.1, -0.05) is 29.5 Å². The Bertz CT molecular complexity index is 1560. The number of aryl methyl sites for hydroxylation is 4. The highest BCUT2D eigenvalue weighted by atomic mass is 32.2. The highest BCUT2D eigenvalue weighted by Gasteiger charge is 2.22. The zero-order chi connectivity index (χ0) is 27.4. The zero-order valence-corrected chi connectivity index (χ0v) is 23.4. The van der Waals surface area contributed by atoms with Crippen LogP contribution in [-0.4, -0.2) is 41.3 Å². The van der Waals surface area contributed by atoms with Gasteiger partial charge in [0, 0.05) is 24.7 Å². The molecule has 3 aromatic rings. The van der Waals surface area contributed by atoms with Crippen molar-refractivity contribution in [3.8, 4) is 28.9 Å². The van der Waals surface area contributed by atoms with E-state index in [4.69, 9.17) is 19.7 Å². The largest absolute Gasteiger partial charge is 0.493 e. The van der Waals surface area contributed by atoms with E-state index in [1.165, 1.54) is 11.8 Å². The fourth-order valence-electron chi connectivity index (χ4n) is 4.88. The minimum Gasteiger partial charge on any atom is -0.493 e. The van der Waals surface area contributed by atoms with Crippen molar-refractivity contribution >= 4 is 22.6 Å². The molecule has 0 saturated heterocycles. The predicted octanol–water partition coefficient (Wildman–Crippen LogP) is 3.84. The van der Waals surface area contributed by atoms with Crippen molar-refractivity contribution in [2.45, 2.75) is 40.3 Å². The van der Waals surface area contributed by atoms with Crippen LogP contribution >= 0.6 is 11.8 Å². The summed E-state index contributed by atoms with van der Waals surface area (Å²) in [5.74, 6) is 1.27. The molecule has 0 amide bonds. The van der Waals surface area contributed by atoms with E-state index in [0.29, 0.717) is 48.2 Å². The van der Waals surface area contributed by atoms with Gasteiger partial charge in [-0.15, -0.1) is 0 Å². The fourth-order valence-corrected chi connectivity index (χ4v) is 5.25. The normalized spacial score (nSPS) is 13.0. The van der Waals surface area contributed by atoms with Crippen LogP contribution in [0.25, 0.3) is 11.3 Å². The predicted molar refractivity (Wildman–Crippen MR) is 151 cm³/mol. The van der Waals surface area contributed by atoms with Crippen LogP contribution < -0.4 is 26.0 Å². The minimum absolute atomic E-state index is 0.154. The second-order valence-corrected chi connectivity index (χ2v) is 9.87. The Labute approximate surface area is 226 Å². The molecule has 0 bridgehead atoms. The molecule has 0 atom stereocenters. The number of amidine groups is 1. The van der Waals surface area contributed by atoms with E-state index < -0.39 is 0 Å². The van der Waals surface area contributed by atoms with Gasteiger partial charge in [0.1, 0.15) is 5.49 Å². The molecule has 0 spiro atoms. The van der Waals surface area contributed by atoms with Gasteiger partial charge in [0.2, 0.25) is 0 Å². The topological polar surface area (TPSA) is 106 Å². The van der Waals surface area contributed by atoms with E-state index in [2.05, 4.69) is 29.4 Å². The van der Waals surface area contributed by atoms with Gasteiger partial charge in [0.15, 0.2) is 22.9 Å². The minimum atomic E-state index is -0.154. The Balaban J connectivity index is 1.95. The van der Waals surface area contributed by atoms with Gasteiger partial charge in [0.05, 0.1) is 32.1 Å². The fraction of sp³-hybridized carbons (Fsp3) is 0.357. The van der Waals surface area contributed by atoms with Gasteiger partial charge >= 0.3 is 5.69 Å². The highest BCUT2D eigenvalue weighted by molar-refractivity contribution is 8.13. The van der Waals surface area contributed by atoms with Crippen LogP contribution in [0.15, 0.2) is 45.1 Å². The van der Waals surface area contributed by atoms with Crippen molar-refractivity contribution in [3.05, 3.63) is 68.6 Å². The van der Waals surface area contributed by atoms with Crippen LogP contribution in [0.5, 0.6) is 11.5 Å². The first-order valence-electron chi connectivity index (χ1n) is 12.3. The number of thioether (sulfide) groups is 1. The molecule has 38 heavy (non-hydrogen) atoms. The lowest BCUT2D eigenvalue weighted by molar-refractivity contribution is 0.354. The van der Waals surface area contributed by atoms with Crippen molar-refractivity contribution in [1.29, 1.82) is 5.26 Å². The molecule has 2 aromatic carbocycles. The molecule has 0 radical (unpaired) electrons. The van der Waals surface area contributed by atoms with E-state index in [-0.39, 0.29) is 5.69 Å². The number of aliphatic imine (C=N–C) groups is 1. The smallest absolute Gasteiger partial charge is 0.330 e. The van der Waals surface area contributed by atoms with Gasteiger partial charge in [-0.2, -0.15) is 5.26 Å². The molecule has 0 unspecified atom stereocenters. The molecule has 1 N–H and O–H groups in total. The number of nitrogens with zero attached hydrogens (tertiary/aromatic N) is 5. The van der Waals surface area contributed by atoms with Gasteiger partial charge in [0.25, 0.3) is 0 Å². The lowest BCUT2D eigenvalue weighted by Crippen LogP contribution is -2.42. The van der Waals surface area contributed by atoms with E-state index in [1.807, 2.05) is 44.5 Å². The summed E-state index contributed by atoms with van der Waals surface area (Å²) in [5, 5.41) is 12.0. The number of nitriles is 1. The van der Waals surface area contributed by atoms with Crippen molar-refractivity contribution in [2.75, 3.05) is 27.0 Å². The van der Waals surface area contributed by atoms with Crippen LogP contribution in [-0.2, 0) is 19.5 Å². The summed E-state index contributed by atoms with van der Waals surface area (Å²) in [4.78, 5) is 23.4. The summed E-state index contributed by atoms with van der Waals surface area (Å²) in [6.45, 7) is 7.30. The molecule has 0 fully saturated rings. The molecular formula is C28H32N6O3S. The third kappa shape index (κ3) is 5.34. The third-order valence-electron chi connectivity index (χ3n) is 6.58. The van der Waals surface area contributed by atoms with Crippen LogP contribution in [0.2, 0.25) is 0 Å². The molecule has 10 heteroatoms. The molecule has 2 heterocycles. The molecule has 1 aliphatic rings. The Morgan fingerprint density at radius 1 is 1.11 bits per heavy atom. The number of hydrogen-bond donors (Lipinski definition) is 1. The number of methoxy groups -OCH3 is 2. The molecule has 1 aliphatic heterocycles. The van der Waals surface area contributed by atoms with E-state index in [0.717, 1.165) is 39.2 Å². The molecule has 1 aromatic heterocycles. The summed E-state index contributed by atoms with van der Waals surface area (Å²) in [6.07, 6.45) is 4.43. The van der Waals surface area contributed by atoms with E-state index in [1.54, 1.807) is 23.4 Å². The van der Waals surface area contributed by atoms with Crippen LogP contribution in [0.4, 0.5) is 5.69 Å². The van der Waals surface area contributed by atoms with Crippen LogP contribution in [0.1, 0.15) is 22.3 Å². The Kier molecular flexibility index (Phi) is 8.27. The maximum absolute atomic E-state index is 13.9. The van der Waals surface area contributed by atoms with Crippen molar-refractivity contribution in [1.82, 2.24) is 14.5 Å². The maximum Gasteiger partial charge on any atom is 0.330 e. The second-order valence-electron chi connectivity index (χ2n) is 9.07. The second kappa shape index (κ2) is 11.6. The van der Waals surface area contributed by atoms with Gasteiger partial charge in [-0.3, -0.25) is 19.4 Å². The first-order chi connectivity index (χ1) is 18.3. The quantitative estimate of drug-likeness (QED) is 0.224. The standard InChI is InChI=1S/C28H32N6O3S/c1-17-11-18(2)26(19(3)12-17)32-25-15-22-21-14-24(37-5)23(36-4)13-20(21)7-9-33(22)28(35)34(25)10-8-30-27(38-6)31-16-29/h11-15H,7-10H2,1-6H3,(H,30,31). The van der Waals surface area contributed by atoms with E-state index >= 15 is 0 Å². The highest BCUT2D eigenvalue weighted by Crippen LogP contribution is 2.37. The van der Waals surface area contributed by atoms with Crippen molar-refractivity contribution in [2.24, 2.45) is 9.98 Å². The Morgan fingerprint density at radius 2 is 1.79 bits per heavy atom. The van der Waals surface area contributed by atoms with Crippen LogP contribution in [0, 0.1) is 32.2 Å².